The number of oxime groups is 1. The fourth-order valence-corrected chi connectivity index (χ4v) is 5.46. The summed E-state index contributed by atoms with van der Waals surface area (Å²) in [6.07, 6.45) is 2.12. The molecule has 0 amide bonds. The number of rotatable bonds is 5. The third-order valence-corrected chi connectivity index (χ3v) is 7.20. The van der Waals surface area contributed by atoms with Crippen molar-refractivity contribution >= 4 is 16.8 Å². The van der Waals surface area contributed by atoms with Gasteiger partial charge in [-0.2, -0.15) is 0 Å². The smallest absolute Gasteiger partial charge is 0.227 e. The molecule has 2 bridgehead atoms. The van der Waals surface area contributed by atoms with E-state index in [1.165, 1.54) is 12.1 Å². The van der Waals surface area contributed by atoms with E-state index < -0.39 is 5.72 Å². The molecule has 8 heteroatoms. The van der Waals surface area contributed by atoms with Gasteiger partial charge in [0.1, 0.15) is 22.9 Å². The first-order valence-electron chi connectivity index (χ1n) is 11.3. The lowest BCUT2D eigenvalue weighted by Gasteiger charge is -2.53. The summed E-state index contributed by atoms with van der Waals surface area (Å²) in [5.74, 6) is 2.72. The van der Waals surface area contributed by atoms with Gasteiger partial charge in [-0.15, -0.1) is 0 Å². The van der Waals surface area contributed by atoms with Gasteiger partial charge in [0.15, 0.2) is 5.76 Å². The molecule has 33 heavy (non-hydrogen) atoms. The number of amidine groups is 1. The van der Waals surface area contributed by atoms with Gasteiger partial charge in [-0.1, -0.05) is 5.16 Å². The average Bonchev–Trinajstić information content (AvgIpc) is 3.41. The molecule has 5 heterocycles. The lowest BCUT2D eigenvalue weighted by Crippen LogP contribution is -2.66. The Morgan fingerprint density at radius 2 is 1.94 bits per heavy atom. The van der Waals surface area contributed by atoms with Crippen molar-refractivity contribution in [2.75, 3.05) is 33.9 Å². The highest BCUT2D eigenvalue weighted by atomic mass is 19.1. The fraction of sp³-hybridized carbons (Fsp3) is 0.400. The van der Waals surface area contributed by atoms with Gasteiger partial charge in [0.05, 0.1) is 27.3 Å². The second kappa shape index (κ2) is 7.66. The molecule has 4 aliphatic heterocycles. The van der Waals surface area contributed by atoms with E-state index in [9.17, 15) is 4.39 Å². The minimum Gasteiger partial charge on any atom is -0.497 e. The van der Waals surface area contributed by atoms with Crippen molar-refractivity contribution in [3.63, 3.8) is 0 Å². The van der Waals surface area contributed by atoms with Crippen LogP contribution in [0.15, 0.2) is 52.0 Å². The normalized spacial score (nSPS) is 26.0. The van der Waals surface area contributed by atoms with E-state index in [4.69, 9.17) is 18.7 Å². The molecule has 0 aliphatic carbocycles. The van der Waals surface area contributed by atoms with Crippen LogP contribution in [0.3, 0.4) is 0 Å². The number of methoxy groups -OCH3 is 2. The SMILES string of the molecule is COc1ccc(CN2C(c3cc4cc(F)ccc4o3)=NOC23CN2CCC3CC2)c(OC)c1. The maximum atomic E-state index is 13.8. The molecule has 1 aromatic heterocycles. The van der Waals surface area contributed by atoms with Gasteiger partial charge in [0.25, 0.3) is 0 Å². The highest BCUT2D eigenvalue weighted by Crippen LogP contribution is 2.46. The molecular weight excluding hydrogens is 425 g/mol. The van der Waals surface area contributed by atoms with E-state index in [1.807, 2.05) is 24.3 Å². The highest BCUT2D eigenvalue weighted by Gasteiger charge is 2.57. The van der Waals surface area contributed by atoms with Crippen LogP contribution in [0.25, 0.3) is 11.0 Å². The number of hydrogen-bond acceptors (Lipinski definition) is 7. The van der Waals surface area contributed by atoms with Crippen molar-refractivity contribution in [2.24, 2.45) is 11.1 Å². The monoisotopic (exact) mass is 451 g/mol. The first-order valence-corrected chi connectivity index (χ1v) is 11.3. The number of benzene rings is 2. The van der Waals surface area contributed by atoms with E-state index in [1.54, 1.807) is 20.3 Å². The summed E-state index contributed by atoms with van der Waals surface area (Å²) < 4.78 is 30.9. The van der Waals surface area contributed by atoms with Crippen molar-refractivity contribution < 1.29 is 23.1 Å². The van der Waals surface area contributed by atoms with Crippen LogP contribution in [-0.4, -0.2) is 55.2 Å². The van der Waals surface area contributed by atoms with E-state index >= 15 is 0 Å². The van der Waals surface area contributed by atoms with Gasteiger partial charge in [0.2, 0.25) is 11.6 Å². The van der Waals surface area contributed by atoms with Gasteiger partial charge in [-0.25, -0.2) is 4.39 Å². The summed E-state index contributed by atoms with van der Waals surface area (Å²) in [5.41, 5.74) is 1.04. The Hall–Kier alpha value is -3.26. The lowest BCUT2D eigenvalue weighted by atomic mass is 9.79. The van der Waals surface area contributed by atoms with Crippen LogP contribution in [0.1, 0.15) is 24.2 Å². The third kappa shape index (κ3) is 3.23. The summed E-state index contributed by atoms with van der Waals surface area (Å²) in [4.78, 5) is 10.9. The number of piperidine rings is 3. The number of halogens is 1. The molecule has 0 N–H and O–H groups in total. The Morgan fingerprint density at radius 1 is 1.09 bits per heavy atom. The van der Waals surface area contributed by atoms with Gasteiger partial charge < -0.3 is 23.6 Å². The van der Waals surface area contributed by atoms with Gasteiger partial charge >= 0.3 is 0 Å². The summed E-state index contributed by atoms with van der Waals surface area (Å²) in [6.45, 7) is 3.46. The molecule has 0 saturated carbocycles. The van der Waals surface area contributed by atoms with Crippen molar-refractivity contribution in [3.05, 3.63) is 59.6 Å². The fourth-order valence-electron chi connectivity index (χ4n) is 5.46. The van der Waals surface area contributed by atoms with Crippen molar-refractivity contribution in [2.45, 2.75) is 25.1 Å². The maximum absolute atomic E-state index is 13.8. The zero-order valence-corrected chi connectivity index (χ0v) is 18.7. The Balaban J connectivity index is 1.42. The lowest BCUT2D eigenvalue weighted by molar-refractivity contribution is -0.198. The third-order valence-electron chi connectivity index (χ3n) is 7.20. The van der Waals surface area contributed by atoms with E-state index in [2.05, 4.69) is 15.0 Å². The Bertz CT molecular complexity index is 1230. The molecule has 7 rings (SSSR count). The van der Waals surface area contributed by atoms with Crippen molar-refractivity contribution in [1.82, 2.24) is 9.80 Å². The number of nitrogens with zero attached hydrogens (tertiary/aromatic N) is 3. The van der Waals surface area contributed by atoms with Crippen LogP contribution in [0, 0.1) is 11.7 Å². The highest BCUT2D eigenvalue weighted by molar-refractivity contribution is 6.00. The number of ether oxygens (including phenoxy) is 2. The van der Waals surface area contributed by atoms with E-state index in [0.717, 1.165) is 49.5 Å². The zero-order valence-electron chi connectivity index (χ0n) is 18.7. The summed E-state index contributed by atoms with van der Waals surface area (Å²) in [6, 6.07) is 12.2. The molecule has 3 fully saturated rings. The Morgan fingerprint density at radius 3 is 2.67 bits per heavy atom. The molecule has 4 aliphatic rings. The minimum absolute atomic E-state index is 0.298. The predicted molar refractivity (Wildman–Crippen MR) is 121 cm³/mol. The first kappa shape index (κ1) is 20.4. The van der Waals surface area contributed by atoms with Crippen molar-refractivity contribution in [1.29, 1.82) is 0 Å². The number of furan rings is 1. The largest absolute Gasteiger partial charge is 0.497 e. The summed E-state index contributed by atoms with van der Waals surface area (Å²) in [7, 11) is 3.30. The minimum atomic E-state index is -0.568. The molecule has 7 nitrogen and oxygen atoms in total. The number of fused-ring (bicyclic) bond motifs is 3. The van der Waals surface area contributed by atoms with E-state index in [-0.39, 0.29) is 5.82 Å². The van der Waals surface area contributed by atoms with Gasteiger partial charge in [-0.3, -0.25) is 4.90 Å². The average molecular weight is 451 g/mol. The second-order valence-corrected chi connectivity index (χ2v) is 8.96. The van der Waals surface area contributed by atoms with Crippen LogP contribution in [-0.2, 0) is 11.4 Å². The van der Waals surface area contributed by atoms with Crippen LogP contribution < -0.4 is 9.47 Å². The topological polar surface area (TPSA) is 59.7 Å². The van der Waals surface area contributed by atoms with Crippen LogP contribution in [0.4, 0.5) is 4.39 Å². The molecule has 3 aromatic rings. The molecule has 2 aromatic carbocycles. The summed E-state index contributed by atoms with van der Waals surface area (Å²) in [5, 5.41) is 5.25. The molecule has 1 atom stereocenters. The standard InChI is InChI=1S/C25H26FN3O4/c1-30-20-5-3-16(22(13-20)31-2)14-29-24(23-12-17-11-19(26)4-6-21(17)32-23)27-33-25(29)15-28-9-7-18(25)8-10-28/h3-6,11-13,18H,7-10,14-15H2,1-2H3. The molecule has 3 saturated heterocycles. The second-order valence-electron chi connectivity index (χ2n) is 8.96. The maximum Gasteiger partial charge on any atom is 0.227 e. The number of hydrogen-bond donors (Lipinski definition) is 0. The van der Waals surface area contributed by atoms with Gasteiger partial charge in [-0.05, 0) is 62.3 Å². The van der Waals surface area contributed by atoms with Gasteiger partial charge in [0, 0.05) is 22.9 Å². The Kier molecular flexibility index (Phi) is 4.72. The van der Waals surface area contributed by atoms with Crippen LogP contribution in [0.5, 0.6) is 11.5 Å². The van der Waals surface area contributed by atoms with Crippen LogP contribution in [0.2, 0.25) is 0 Å². The predicted octanol–water partition coefficient (Wildman–Crippen LogP) is 4.21. The summed E-state index contributed by atoms with van der Waals surface area (Å²) >= 11 is 0. The van der Waals surface area contributed by atoms with Crippen molar-refractivity contribution in [3.8, 4) is 11.5 Å². The van der Waals surface area contributed by atoms with Crippen LogP contribution >= 0.6 is 0 Å². The molecule has 0 radical (unpaired) electrons. The van der Waals surface area contributed by atoms with E-state index in [0.29, 0.717) is 35.0 Å². The quantitative estimate of drug-likeness (QED) is 0.579. The molecule has 172 valence electrons. The first-order chi connectivity index (χ1) is 16.1. The molecule has 1 unspecified atom stereocenters. The zero-order chi connectivity index (χ0) is 22.6. The Labute approximate surface area is 191 Å². The molecule has 1 spiro atoms. The molecular formula is C25H26FN3O4.